The van der Waals surface area contributed by atoms with Crippen LogP contribution in [0.25, 0.3) is 0 Å². The van der Waals surface area contributed by atoms with Gasteiger partial charge in [-0.1, -0.05) is 6.92 Å². The van der Waals surface area contributed by atoms with Gasteiger partial charge in [0.2, 0.25) is 0 Å². The van der Waals surface area contributed by atoms with Crippen LogP contribution in [0.15, 0.2) is 0 Å². The molecule has 0 saturated heterocycles. The van der Waals surface area contributed by atoms with Gasteiger partial charge in [-0.25, -0.2) is 0 Å². The van der Waals surface area contributed by atoms with E-state index < -0.39 is 5.97 Å². The molecule has 0 unspecified atom stereocenters. The predicted octanol–water partition coefficient (Wildman–Crippen LogP) is -1.67. The Balaban J connectivity index is -0.0000000750. The van der Waals surface area contributed by atoms with Crippen LogP contribution >= 0.6 is 0 Å². The Labute approximate surface area is 72.6 Å². The van der Waals surface area contributed by atoms with Crippen molar-refractivity contribution < 1.29 is 39.5 Å². The van der Waals surface area contributed by atoms with Gasteiger partial charge >= 0.3 is 35.5 Å². The van der Waals surface area contributed by atoms with Crippen LogP contribution in [0.5, 0.6) is 0 Å². The molecule has 0 spiro atoms. The summed E-state index contributed by atoms with van der Waals surface area (Å²) in [4.78, 5) is 9.37. The fourth-order valence-corrected chi connectivity index (χ4v) is 0. The first-order valence-corrected chi connectivity index (χ1v) is 2.20. The average Bonchev–Trinajstić information content (AvgIpc) is 1.73. The quantitative estimate of drug-likeness (QED) is 0.337. The van der Waals surface area contributed by atoms with Gasteiger partial charge in [0.25, 0.3) is 0 Å². The van der Waals surface area contributed by atoms with Crippen molar-refractivity contribution in [2.75, 3.05) is 0 Å². The van der Waals surface area contributed by atoms with Crippen molar-refractivity contribution in [1.82, 2.24) is 0 Å². The van der Waals surface area contributed by atoms with Gasteiger partial charge in [-0.2, -0.15) is 6.92 Å². The van der Waals surface area contributed by atoms with Crippen molar-refractivity contribution in [1.29, 1.82) is 0 Å². The van der Waals surface area contributed by atoms with Crippen LogP contribution in [0.4, 0.5) is 0 Å². The van der Waals surface area contributed by atoms with Gasteiger partial charge in [0.1, 0.15) is 0 Å². The Morgan fingerprint density at radius 1 is 1.62 bits per heavy atom. The topological polar surface area (TPSA) is 37.3 Å². The summed E-state index contributed by atoms with van der Waals surface area (Å²) in [5.74, 6) is -0.745. The summed E-state index contributed by atoms with van der Waals surface area (Å²) in [6.07, 6.45) is 0.222. The molecule has 0 radical (unpaired) electrons. The monoisotopic (exact) mass is 126 g/mol. The Kier molecular flexibility index (Phi) is 30.9. The second kappa shape index (κ2) is 15.6. The van der Waals surface area contributed by atoms with Crippen molar-refractivity contribution in [2.45, 2.75) is 20.3 Å². The van der Waals surface area contributed by atoms with Gasteiger partial charge in [-0.3, -0.25) is 4.79 Å². The summed E-state index contributed by atoms with van der Waals surface area (Å²) in [6.45, 7) is 6.60. The van der Waals surface area contributed by atoms with Crippen molar-refractivity contribution in [3.05, 3.63) is 6.92 Å². The van der Waals surface area contributed by atoms with E-state index in [0.29, 0.717) is 0 Å². The van der Waals surface area contributed by atoms with Gasteiger partial charge in [0, 0.05) is 6.42 Å². The van der Waals surface area contributed by atoms with E-state index in [1.54, 1.807) is 13.8 Å². The first-order valence-electron chi connectivity index (χ1n) is 2.20. The number of carbonyl (C=O) groups is 1. The molecule has 0 aromatic rings. The Morgan fingerprint density at radius 2 is 1.75 bits per heavy atom. The smallest absolute Gasteiger partial charge is 0.481 e. The molecule has 1 N–H and O–H groups in total. The maximum absolute atomic E-state index is 9.37. The molecular formula is C5H11NaO2. The van der Waals surface area contributed by atoms with E-state index in [2.05, 4.69) is 6.92 Å². The number of carboxylic acid groups (broad SMARTS) is 1. The minimum Gasteiger partial charge on any atom is -0.481 e. The third kappa shape index (κ3) is 31.7. The maximum Gasteiger partial charge on any atom is 1.00 e. The van der Waals surface area contributed by atoms with Crippen molar-refractivity contribution in [3.63, 3.8) is 0 Å². The molecule has 2 nitrogen and oxygen atoms in total. The van der Waals surface area contributed by atoms with E-state index in [9.17, 15) is 4.79 Å². The van der Waals surface area contributed by atoms with E-state index >= 15 is 0 Å². The normalized spacial score (nSPS) is 5.38. The summed E-state index contributed by atoms with van der Waals surface area (Å²) in [6, 6.07) is 0. The van der Waals surface area contributed by atoms with Gasteiger partial charge in [-0.15, -0.1) is 0 Å². The molecule has 0 aromatic heterocycles. The second-order valence-electron chi connectivity index (χ2n) is 0.747. The molecule has 0 saturated carbocycles. The second-order valence-corrected chi connectivity index (χ2v) is 0.747. The van der Waals surface area contributed by atoms with Crippen molar-refractivity contribution >= 4 is 5.97 Å². The third-order valence-corrected chi connectivity index (χ3v) is 0.302. The number of rotatable bonds is 1. The fraction of sp³-hybridized carbons (Fsp3) is 0.600. The summed E-state index contributed by atoms with van der Waals surface area (Å²) in [5, 5.41) is 7.72. The molecule has 8 heavy (non-hydrogen) atoms. The number of hydrogen-bond donors (Lipinski definition) is 1. The molecule has 0 atom stereocenters. The summed E-state index contributed by atoms with van der Waals surface area (Å²) in [5.41, 5.74) is 0. The molecule has 0 rings (SSSR count). The van der Waals surface area contributed by atoms with E-state index in [0.717, 1.165) is 0 Å². The van der Waals surface area contributed by atoms with Gasteiger partial charge in [-0.05, 0) is 0 Å². The zero-order valence-electron chi connectivity index (χ0n) is 5.77. The van der Waals surface area contributed by atoms with Gasteiger partial charge in [0.05, 0.1) is 0 Å². The maximum atomic E-state index is 9.37. The van der Waals surface area contributed by atoms with Gasteiger partial charge < -0.3 is 12.0 Å². The molecule has 0 bridgehead atoms. The number of hydrogen-bond acceptors (Lipinski definition) is 1. The first kappa shape index (κ1) is 15.8. The summed E-state index contributed by atoms with van der Waals surface area (Å²) < 4.78 is 0. The van der Waals surface area contributed by atoms with Gasteiger partial charge in [0.15, 0.2) is 0 Å². The van der Waals surface area contributed by atoms with E-state index in [-0.39, 0.29) is 36.0 Å². The van der Waals surface area contributed by atoms with Crippen LogP contribution in [-0.2, 0) is 4.79 Å². The molecule has 3 heteroatoms. The summed E-state index contributed by atoms with van der Waals surface area (Å²) in [7, 11) is 0. The van der Waals surface area contributed by atoms with Crippen molar-refractivity contribution in [2.24, 2.45) is 0 Å². The zero-order valence-corrected chi connectivity index (χ0v) is 7.77. The standard InChI is InChI=1S/C3H6O2.C2H5.Na/c1-2-3(4)5;1-2;/h2H2,1H3,(H,4,5);1H2,2H3;/q;-1;+1. The predicted molar refractivity (Wildman–Crippen MR) is 29.0 cm³/mol. The molecule has 0 amide bonds. The van der Waals surface area contributed by atoms with Crippen LogP contribution in [-0.4, -0.2) is 11.1 Å². The van der Waals surface area contributed by atoms with E-state index in [4.69, 9.17) is 5.11 Å². The Bertz CT molecular complexity index is 45.7. The van der Waals surface area contributed by atoms with Crippen LogP contribution in [0, 0.1) is 6.92 Å². The molecule has 0 fully saturated rings. The fourth-order valence-electron chi connectivity index (χ4n) is 0. The van der Waals surface area contributed by atoms with E-state index in [1.165, 1.54) is 0 Å². The van der Waals surface area contributed by atoms with Crippen LogP contribution in [0.1, 0.15) is 20.3 Å². The van der Waals surface area contributed by atoms with Crippen molar-refractivity contribution in [3.8, 4) is 0 Å². The third-order valence-electron chi connectivity index (χ3n) is 0.302. The molecule has 44 valence electrons. The minimum absolute atomic E-state index is 0. The van der Waals surface area contributed by atoms with E-state index in [1.807, 2.05) is 0 Å². The number of aliphatic carboxylic acids is 1. The Morgan fingerprint density at radius 3 is 1.75 bits per heavy atom. The van der Waals surface area contributed by atoms with Crippen LogP contribution in [0.3, 0.4) is 0 Å². The summed E-state index contributed by atoms with van der Waals surface area (Å²) >= 11 is 0. The molecule has 0 aliphatic carbocycles. The average molecular weight is 126 g/mol. The largest absolute Gasteiger partial charge is 1.00 e. The molecule has 0 heterocycles. The molecule has 0 aromatic carbocycles. The number of carboxylic acids is 1. The molecule has 0 aliphatic rings. The molecule has 0 aliphatic heterocycles. The Hall–Kier alpha value is 0.470. The zero-order chi connectivity index (χ0) is 6.28. The SMILES string of the molecule is CCC(=O)O.[CH2-]C.[Na+]. The van der Waals surface area contributed by atoms with Crippen LogP contribution < -0.4 is 29.6 Å². The minimum atomic E-state index is -0.745. The first-order chi connectivity index (χ1) is 3.27. The molecular weight excluding hydrogens is 115 g/mol. The van der Waals surface area contributed by atoms with Crippen LogP contribution in [0.2, 0.25) is 0 Å².